The molecule has 4 rings (SSSR count). The number of thiophene rings is 1. The minimum absolute atomic E-state index is 0.196. The van der Waals surface area contributed by atoms with Crippen LogP contribution >= 0.6 is 22.7 Å². The summed E-state index contributed by atoms with van der Waals surface area (Å²) in [7, 11) is 0. The summed E-state index contributed by atoms with van der Waals surface area (Å²) in [5.41, 5.74) is 1.77. The van der Waals surface area contributed by atoms with Gasteiger partial charge in [-0.1, -0.05) is 18.2 Å². The number of hydrogen-bond donors (Lipinski definition) is 1. The number of aromatic nitrogens is 1. The molecule has 0 aliphatic heterocycles. The second-order valence-electron chi connectivity index (χ2n) is 5.95. The van der Waals surface area contributed by atoms with Gasteiger partial charge in [-0.3, -0.25) is 9.59 Å². The number of para-hydroxylation sites is 1. The number of nitrogens with zero attached hydrogens (tertiary/aromatic N) is 2. The Morgan fingerprint density at radius 1 is 1.04 bits per heavy atom. The quantitative estimate of drug-likeness (QED) is 0.470. The molecule has 0 saturated heterocycles. The van der Waals surface area contributed by atoms with Crippen molar-refractivity contribution >= 4 is 50.3 Å². The first-order valence-electron chi connectivity index (χ1n) is 8.40. The Balaban J connectivity index is 1.53. The minimum Gasteiger partial charge on any atom is -0.321 e. The van der Waals surface area contributed by atoms with E-state index in [4.69, 9.17) is 0 Å². The van der Waals surface area contributed by atoms with E-state index in [1.165, 1.54) is 22.7 Å². The zero-order chi connectivity index (χ0) is 19.5. The van der Waals surface area contributed by atoms with Crippen molar-refractivity contribution in [3.63, 3.8) is 0 Å². The maximum Gasteiger partial charge on any atom is 0.265 e. The van der Waals surface area contributed by atoms with Crippen LogP contribution in [-0.2, 0) is 0 Å². The zero-order valence-corrected chi connectivity index (χ0v) is 16.1. The Morgan fingerprint density at radius 2 is 1.82 bits per heavy atom. The van der Waals surface area contributed by atoms with Gasteiger partial charge in [-0.05, 0) is 47.8 Å². The van der Waals surface area contributed by atoms with Gasteiger partial charge in [0, 0.05) is 11.3 Å². The number of benzene rings is 2. The smallest absolute Gasteiger partial charge is 0.265 e. The molecule has 7 heteroatoms. The molecule has 0 aliphatic rings. The lowest BCUT2D eigenvalue weighted by atomic mass is 9.99. The fourth-order valence-corrected chi connectivity index (χ4v) is 4.36. The fourth-order valence-electron chi connectivity index (χ4n) is 2.72. The van der Waals surface area contributed by atoms with Crippen LogP contribution in [0.4, 0.5) is 5.69 Å². The number of fused-ring (bicyclic) bond motifs is 1. The van der Waals surface area contributed by atoms with E-state index >= 15 is 0 Å². The van der Waals surface area contributed by atoms with Crippen molar-refractivity contribution in [3.8, 4) is 6.07 Å². The van der Waals surface area contributed by atoms with Crippen LogP contribution in [0.3, 0.4) is 0 Å². The van der Waals surface area contributed by atoms with Gasteiger partial charge in [0.1, 0.15) is 5.01 Å². The average Bonchev–Trinajstić information content (AvgIpc) is 3.39. The average molecular weight is 403 g/mol. The van der Waals surface area contributed by atoms with E-state index in [-0.39, 0.29) is 11.7 Å². The van der Waals surface area contributed by atoms with E-state index in [9.17, 15) is 14.9 Å². The third kappa shape index (κ3) is 3.56. The van der Waals surface area contributed by atoms with Gasteiger partial charge < -0.3 is 5.32 Å². The summed E-state index contributed by atoms with van der Waals surface area (Å²) in [6, 6.07) is 19.7. The highest BCUT2D eigenvalue weighted by molar-refractivity contribution is 7.18. The topological polar surface area (TPSA) is 82.9 Å². The van der Waals surface area contributed by atoms with Gasteiger partial charge in [-0.25, -0.2) is 4.98 Å². The number of nitrogens with one attached hydrogen (secondary N) is 1. The number of rotatable bonds is 5. The SMILES string of the molecule is N#CC(C(=O)c1ccc(NC(=O)c2cccs2)cc1)c1nc2ccccc2s1. The maximum atomic E-state index is 12.8. The van der Waals surface area contributed by atoms with Gasteiger partial charge >= 0.3 is 0 Å². The van der Waals surface area contributed by atoms with E-state index in [1.54, 1.807) is 30.3 Å². The lowest BCUT2D eigenvalue weighted by Crippen LogP contribution is -2.12. The Labute approximate surface area is 168 Å². The first kappa shape index (κ1) is 18.0. The summed E-state index contributed by atoms with van der Waals surface area (Å²) >= 11 is 2.71. The normalized spacial score (nSPS) is 11.7. The van der Waals surface area contributed by atoms with E-state index in [2.05, 4.69) is 16.4 Å². The number of nitriles is 1. The molecule has 2 aromatic heterocycles. The lowest BCUT2D eigenvalue weighted by molar-refractivity contribution is 0.0978. The molecule has 0 aliphatic carbocycles. The van der Waals surface area contributed by atoms with E-state index in [1.807, 2.05) is 35.7 Å². The second kappa shape index (κ2) is 7.72. The van der Waals surface area contributed by atoms with E-state index in [0.717, 1.165) is 10.2 Å². The number of carbonyl (C=O) groups excluding carboxylic acids is 2. The van der Waals surface area contributed by atoms with Gasteiger partial charge in [0.05, 0.1) is 21.2 Å². The third-order valence-corrected chi connectivity index (χ3v) is 6.09. The fraction of sp³-hybridized carbons (Fsp3) is 0.0476. The first-order chi connectivity index (χ1) is 13.7. The monoisotopic (exact) mass is 403 g/mol. The molecule has 1 unspecified atom stereocenters. The largest absolute Gasteiger partial charge is 0.321 e. The highest BCUT2D eigenvalue weighted by atomic mass is 32.1. The van der Waals surface area contributed by atoms with Crippen molar-refractivity contribution < 1.29 is 9.59 Å². The molecule has 0 bridgehead atoms. The molecule has 28 heavy (non-hydrogen) atoms. The Bertz CT molecular complexity index is 1160. The molecule has 0 fully saturated rings. The summed E-state index contributed by atoms with van der Waals surface area (Å²) in [6.07, 6.45) is 0. The summed E-state index contributed by atoms with van der Waals surface area (Å²) < 4.78 is 0.942. The van der Waals surface area contributed by atoms with Crippen LogP contribution in [0.1, 0.15) is 31.0 Å². The Morgan fingerprint density at radius 3 is 2.50 bits per heavy atom. The van der Waals surface area contributed by atoms with Gasteiger partial charge in [0.25, 0.3) is 5.91 Å². The van der Waals surface area contributed by atoms with Gasteiger partial charge in [0.2, 0.25) is 0 Å². The molecule has 136 valence electrons. The Hall–Kier alpha value is -3.34. The standard InChI is InChI=1S/C21H13N3O2S2/c22-12-15(21-24-16-4-1-2-5-17(16)28-21)19(25)13-7-9-14(10-8-13)23-20(26)18-6-3-11-27-18/h1-11,15H,(H,23,26). The summed E-state index contributed by atoms with van der Waals surface area (Å²) in [5.74, 6) is -1.46. The van der Waals surface area contributed by atoms with Crippen LogP contribution in [0.15, 0.2) is 66.0 Å². The number of hydrogen-bond acceptors (Lipinski definition) is 6. The third-order valence-electron chi connectivity index (χ3n) is 4.12. The molecule has 0 spiro atoms. The molecule has 5 nitrogen and oxygen atoms in total. The second-order valence-corrected chi connectivity index (χ2v) is 7.96. The van der Waals surface area contributed by atoms with Crippen molar-refractivity contribution in [3.05, 3.63) is 81.5 Å². The summed E-state index contributed by atoms with van der Waals surface area (Å²) in [6.45, 7) is 0. The lowest BCUT2D eigenvalue weighted by Gasteiger charge is -2.07. The van der Waals surface area contributed by atoms with Crippen LogP contribution in [0.2, 0.25) is 0 Å². The number of ketones is 1. The highest BCUT2D eigenvalue weighted by Crippen LogP contribution is 2.29. The summed E-state index contributed by atoms with van der Waals surface area (Å²) in [5, 5.41) is 14.7. The number of amides is 1. The van der Waals surface area contributed by atoms with Crippen molar-refractivity contribution in [2.45, 2.75) is 5.92 Å². The van der Waals surface area contributed by atoms with Crippen LogP contribution in [0.25, 0.3) is 10.2 Å². The molecule has 4 aromatic rings. The van der Waals surface area contributed by atoms with Crippen LogP contribution in [0.5, 0.6) is 0 Å². The number of Topliss-reactive ketones (excluding diaryl/α,β-unsaturated/α-hetero) is 1. The van der Waals surface area contributed by atoms with E-state index in [0.29, 0.717) is 21.1 Å². The molecule has 2 heterocycles. The molecule has 1 N–H and O–H groups in total. The van der Waals surface area contributed by atoms with E-state index < -0.39 is 5.92 Å². The zero-order valence-electron chi connectivity index (χ0n) is 14.5. The molecule has 0 radical (unpaired) electrons. The number of carbonyl (C=O) groups is 2. The van der Waals surface area contributed by atoms with Gasteiger partial charge in [-0.15, -0.1) is 22.7 Å². The predicted octanol–water partition coefficient (Wildman–Crippen LogP) is 5.10. The maximum absolute atomic E-state index is 12.8. The minimum atomic E-state index is -0.955. The van der Waals surface area contributed by atoms with Gasteiger partial charge in [-0.2, -0.15) is 5.26 Å². The van der Waals surface area contributed by atoms with Crippen LogP contribution in [0, 0.1) is 11.3 Å². The highest BCUT2D eigenvalue weighted by Gasteiger charge is 2.25. The predicted molar refractivity (Wildman–Crippen MR) is 111 cm³/mol. The van der Waals surface area contributed by atoms with Crippen molar-refractivity contribution in [1.29, 1.82) is 5.26 Å². The Kier molecular flexibility index (Phi) is 4.98. The number of anilines is 1. The first-order valence-corrected chi connectivity index (χ1v) is 10.1. The molecular weight excluding hydrogens is 390 g/mol. The van der Waals surface area contributed by atoms with Crippen molar-refractivity contribution in [2.75, 3.05) is 5.32 Å². The van der Waals surface area contributed by atoms with Gasteiger partial charge in [0.15, 0.2) is 11.7 Å². The van der Waals surface area contributed by atoms with Crippen molar-refractivity contribution in [2.24, 2.45) is 0 Å². The molecule has 2 aromatic carbocycles. The molecule has 1 atom stereocenters. The molecule has 0 saturated carbocycles. The number of thiazole rings is 1. The molecular formula is C21H13N3O2S2. The van der Waals surface area contributed by atoms with Crippen LogP contribution in [-0.4, -0.2) is 16.7 Å². The van der Waals surface area contributed by atoms with Crippen molar-refractivity contribution in [1.82, 2.24) is 4.98 Å². The summed E-state index contributed by atoms with van der Waals surface area (Å²) in [4.78, 5) is 30.0. The molecule has 1 amide bonds. The van der Waals surface area contributed by atoms with Crippen LogP contribution < -0.4 is 5.32 Å².